The van der Waals surface area contributed by atoms with Crippen LogP contribution in [0.15, 0.2) is 36.5 Å². The fourth-order valence-electron chi connectivity index (χ4n) is 2.10. The number of aromatic nitrogens is 1. The molecule has 0 radical (unpaired) electrons. The molecule has 2 aromatic rings. The first-order valence-corrected chi connectivity index (χ1v) is 6.41. The number of rotatable bonds is 5. The summed E-state index contributed by atoms with van der Waals surface area (Å²) in [6.07, 6.45) is 6.60. The number of hydrogen-bond acceptors (Lipinski definition) is 2. The van der Waals surface area contributed by atoms with Crippen LogP contribution in [0, 0.1) is 0 Å². The van der Waals surface area contributed by atoms with Gasteiger partial charge in [0.2, 0.25) is 0 Å². The van der Waals surface area contributed by atoms with E-state index in [2.05, 4.69) is 36.2 Å². The second-order valence-electron chi connectivity index (χ2n) is 4.56. The molecule has 0 amide bonds. The molecule has 0 saturated heterocycles. The van der Waals surface area contributed by atoms with Gasteiger partial charge in [0.05, 0.1) is 5.52 Å². The molecule has 2 N–H and O–H groups in total. The van der Waals surface area contributed by atoms with Gasteiger partial charge in [0.1, 0.15) is 0 Å². The molecule has 90 valence electrons. The molecule has 0 aliphatic heterocycles. The molecule has 2 heteroatoms. The Hall–Kier alpha value is -1.41. The van der Waals surface area contributed by atoms with E-state index in [1.54, 1.807) is 0 Å². The zero-order valence-electron chi connectivity index (χ0n) is 10.4. The molecule has 0 fully saturated rings. The summed E-state index contributed by atoms with van der Waals surface area (Å²) in [4.78, 5) is 4.37. The largest absolute Gasteiger partial charge is 0.324 e. The highest BCUT2D eigenvalue weighted by Gasteiger charge is 2.06. The van der Waals surface area contributed by atoms with Crippen LogP contribution >= 0.6 is 0 Å². The van der Waals surface area contributed by atoms with Crippen molar-refractivity contribution in [1.29, 1.82) is 0 Å². The third kappa shape index (κ3) is 3.04. The Balaban J connectivity index is 2.12. The van der Waals surface area contributed by atoms with Gasteiger partial charge in [-0.25, -0.2) is 0 Å². The molecule has 1 aromatic heterocycles. The quantitative estimate of drug-likeness (QED) is 0.790. The lowest BCUT2D eigenvalue weighted by Crippen LogP contribution is -2.10. The van der Waals surface area contributed by atoms with Crippen LogP contribution < -0.4 is 5.73 Å². The van der Waals surface area contributed by atoms with Gasteiger partial charge in [0, 0.05) is 17.6 Å². The Kier molecular flexibility index (Phi) is 4.10. The smallest absolute Gasteiger partial charge is 0.0705 e. The average Bonchev–Trinajstić information content (AvgIpc) is 2.38. The van der Waals surface area contributed by atoms with Crippen LogP contribution in [-0.4, -0.2) is 4.98 Å². The van der Waals surface area contributed by atoms with E-state index in [0.717, 1.165) is 11.9 Å². The van der Waals surface area contributed by atoms with Crippen LogP contribution in [0.3, 0.4) is 0 Å². The molecular weight excluding hydrogens is 208 g/mol. The van der Waals surface area contributed by atoms with Crippen molar-refractivity contribution in [2.75, 3.05) is 0 Å². The normalized spacial score (nSPS) is 12.8. The minimum atomic E-state index is 0.146. The molecule has 17 heavy (non-hydrogen) atoms. The van der Waals surface area contributed by atoms with Crippen molar-refractivity contribution in [2.45, 2.75) is 38.6 Å². The molecule has 2 rings (SSSR count). The van der Waals surface area contributed by atoms with Gasteiger partial charge < -0.3 is 5.73 Å². The van der Waals surface area contributed by atoms with Gasteiger partial charge in [-0.1, -0.05) is 44.4 Å². The molecule has 1 atom stereocenters. The van der Waals surface area contributed by atoms with E-state index in [4.69, 9.17) is 5.73 Å². The molecule has 2 nitrogen and oxygen atoms in total. The number of hydrogen-bond donors (Lipinski definition) is 1. The summed E-state index contributed by atoms with van der Waals surface area (Å²) < 4.78 is 0. The monoisotopic (exact) mass is 228 g/mol. The van der Waals surface area contributed by atoms with Gasteiger partial charge in [-0.15, -0.1) is 0 Å². The molecule has 0 aliphatic carbocycles. The van der Waals surface area contributed by atoms with E-state index in [1.807, 2.05) is 12.3 Å². The van der Waals surface area contributed by atoms with E-state index in [1.165, 1.54) is 30.2 Å². The van der Waals surface area contributed by atoms with Crippen molar-refractivity contribution < 1.29 is 0 Å². The second-order valence-corrected chi connectivity index (χ2v) is 4.56. The first kappa shape index (κ1) is 12.1. The highest BCUT2D eigenvalue weighted by atomic mass is 14.7. The van der Waals surface area contributed by atoms with Crippen LogP contribution in [0.25, 0.3) is 10.9 Å². The molecular formula is C15H20N2. The van der Waals surface area contributed by atoms with Gasteiger partial charge in [0.25, 0.3) is 0 Å². The summed E-state index contributed by atoms with van der Waals surface area (Å²) >= 11 is 0. The van der Waals surface area contributed by atoms with Crippen LogP contribution in [0.1, 0.15) is 44.2 Å². The third-order valence-corrected chi connectivity index (χ3v) is 3.18. The number of fused-ring (bicyclic) bond motifs is 1. The van der Waals surface area contributed by atoms with Crippen LogP contribution in [0.4, 0.5) is 0 Å². The summed E-state index contributed by atoms with van der Waals surface area (Å²) in [5.41, 5.74) is 8.44. The lowest BCUT2D eigenvalue weighted by atomic mass is 10.00. The number of pyridine rings is 1. The van der Waals surface area contributed by atoms with Crippen molar-refractivity contribution in [3.63, 3.8) is 0 Å². The summed E-state index contributed by atoms with van der Waals surface area (Å²) in [6, 6.07) is 10.5. The molecule has 0 bridgehead atoms. The van der Waals surface area contributed by atoms with Gasteiger partial charge in [-0.05, 0) is 24.1 Å². The highest BCUT2D eigenvalue weighted by Crippen LogP contribution is 2.21. The zero-order chi connectivity index (χ0) is 12.1. The van der Waals surface area contributed by atoms with Crippen molar-refractivity contribution in [3.05, 3.63) is 42.1 Å². The summed E-state index contributed by atoms with van der Waals surface area (Å²) in [5.74, 6) is 0. The lowest BCUT2D eigenvalue weighted by molar-refractivity contribution is 0.581. The van der Waals surface area contributed by atoms with Crippen molar-refractivity contribution in [3.8, 4) is 0 Å². The maximum Gasteiger partial charge on any atom is 0.0705 e. The minimum absolute atomic E-state index is 0.146. The Morgan fingerprint density at radius 3 is 2.94 bits per heavy atom. The zero-order valence-corrected chi connectivity index (χ0v) is 10.4. The maximum absolute atomic E-state index is 6.20. The van der Waals surface area contributed by atoms with Crippen molar-refractivity contribution >= 4 is 10.9 Å². The maximum atomic E-state index is 6.20. The molecule has 0 aliphatic rings. The Morgan fingerprint density at radius 2 is 2.12 bits per heavy atom. The molecule has 1 unspecified atom stereocenters. The fraction of sp³-hybridized carbons (Fsp3) is 0.400. The highest BCUT2D eigenvalue weighted by molar-refractivity contribution is 5.78. The van der Waals surface area contributed by atoms with E-state index in [0.29, 0.717) is 0 Å². The molecule has 1 aromatic carbocycles. The molecule has 0 spiro atoms. The first-order valence-electron chi connectivity index (χ1n) is 6.41. The predicted octanol–water partition coefficient (Wildman–Crippen LogP) is 3.81. The van der Waals surface area contributed by atoms with Gasteiger partial charge in [0.15, 0.2) is 0 Å². The third-order valence-electron chi connectivity index (χ3n) is 3.18. The molecule has 1 heterocycles. The van der Waals surface area contributed by atoms with E-state index in [-0.39, 0.29) is 6.04 Å². The van der Waals surface area contributed by atoms with Gasteiger partial charge in [-0.3, -0.25) is 4.98 Å². The predicted molar refractivity (Wildman–Crippen MR) is 72.8 cm³/mol. The fourth-order valence-corrected chi connectivity index (χ4v) is 2.10. The van der Waals surface area contributed by atoms with E-state index < -0.39 is 0 Å². The Morgan fingerprint density at radius 1 is 1.24 bits per heavy atom. The summed E-state index contributed by atoms with van der Waals surface area (Å²) in [6.45, 7) is 2.21. The van der Waals surface area contributed by atoms with Gasteiger partial charge >= 0.3 is 0 Å². The first-order chi connectivity index (χ1) is 8.31. The van der Waals surface area contributed by atoms with Crippen LogP contribution in [-0.2, 0) is 0 Å². The van der Waals surface area contributed by atoms with Crippen LogP contribution in [0.5, 0.6) is 0 Å². The molecule has 0 saturated carbocycles. The number of benzene rings is 1. The lowest BCUT2D eigenvalue weighted by Gasteiger charge is -2.12. The Labute approximate surface area is 103 Å². The summed E-state index contributed by atoms with van der Waals surface area (Å²) in [7, 11) is 0. The topological polar surface area (TPSA) is 38.9 Å². The summed E-state index contributed by atoms with van der Waals surface area (Å²) in [5, 5.41) is 1.18. The minimum Gasteiger partial charge on any atom is -0.324 e. The number of unbranched alkanes of at least 4 members (excludes halogenated alkanes) is 2. The Bertz CT molecular complexity index is 479. The van der Waals surface area contributed by atoms with Crippen molar-refractivity contribution in [1.82, 2.24) is 4.98 Å². The standard InChI is InChI=1S/C15H20N2/c1-2-3-4-7-14(16)13-9-8-12-6-5-10-17-15(12)11-13/h5-6,8-11,14H,2-4,7,16H2,1H3. The van der Waals surface area contributed by atoms with E-state index in [9.17, 15) is 0 Å². The second kappa shape index (κ2) is 5.78. The SMILES string of the molecule is CCCCCC(N)c1ccc2cccnc2c1. The van der Waals surface area contributed by atoms with E-state index >= 15 is 0 Å². The van der Waals surface area contributed by atoms with Crippen LogP contribution in [0.2, 0.25) is 0 Å². The average molecular weight is 228 g/mol. The number of nitrogens with zero attached hydrogens (tertiary/aromatic N) is 1. The number of nitrogens with two attached hydrogens (primary N) is 1. The van der Waals surface area contributed by atoms with Gasteiger partial charge in [-0.2, -0.15) is 0 Å². The van der Waals surface area contributed by atoms with Crippen molar-refractivity contribution in [2.24, 2.45) is 5.73 Å².